The minimum atomic E-state index is -0.379. The van der Waals surface area contributed by atoms with Crippen LogP contribution in [-0.2, 0) is 5.54 Å². The van der Waals surface area contributed by atoms with Gasteiger partial charge < -0.3 is 14.8 Å². The summed E-state index contributed by atoms with van der Waals surface area (Å²) < 4.78 is 10.8. The number of benzene rings is 1. The second-order valence-electron chi connectivity index (χ2n) is 5.90. The zero-order valence-electron chi connectivity index (χ0n) is 12.6. The van der Waals surface area contributed by atoms with Crippen molar-refractivity contribution in [2.24, 2.45) is 0 Å². The molecule has 0 saturated heterocycles. The molecule has 1 amide bonds. The highest BCUT2D eigenvalue weighted by molar-refractivity contribution is 5.92. The van der Waals surface area contributed by atoms with E-state index in [1.807, 2.05) is 18.2 Å². The van der Waals surface area contributed by atoms with Crippen molar-refractivity contribution < 1.29 is 14.3 Å². The molecule has 118 valence electrons. The van der Waals surface area contributed by atoms with Crippen molar-refractivity contribution in [1.82, 2.24) is 15.3 Å². The number of carbonyl (C=O) groups is 1. The highest BCUT2D eigenvalue weighted by Crippen LogP contribution is 2.43. The molecule has 0 radical (unpaired) electrons. The number of amides is 1. The number of fused-ring (bicyclic) bond motifs is 1. The standard InChI is InChI=1S/C17H17N3O3/c21-16(13-10-18-7-8-19-13)20-17(5-1-2-6-17)12-3-4-14-15(9-12)23-11-22-14/h3-4,7-10H,1-2,5-6,11H2,(H,20,21). The highest BCUT2D eigenvalue weighted by Gasteiger charge is 2.38. The second-order valence-corrected chi connectivity index (χ2v) is 5.90. The zero-order valence-corrected chi connectivity index (χ0v) is 12.6. The average Bonchev–Trinajstić information content (AvgIpc) is 3.24. The fourth-order valence-electron chi connectivity index (χ4n) is 3.36. The first kappa shape index (κ1) is 14.0. The van der Waals surface area contributed by atoms with Crippen LogP contribution in [0.2, 0.25) is 0 Å². The summed E-state index contributed by atoms with van der Waals surface area (Å²) in [5.41, 5.74) is 1.01. The van der Waals surface area contributed by atoms with E-state index in [-0.39, 0.29) is 18.2 Å². The Morgan fingerprint density at radius 3 is 2.74 bits per heavy atom. The largest absolute Gasteiger partial charge is 0.454 e. The summed E-state index contributed by atoms with van der Waals surface area (Å²) in [5.74, 6) is 1.29. The minimum absolute atomic E-state index is 0.197. The molecule has 23 heavy (non-hydrogen) atoms. The lowest BCUT2D eigenvalue weighted by atomic mass is 9.87. The number of aromatic nitrogens is 2. The minimum Gasteiger partial charge on any atom is -0.454 e. The van der Waals surface area contributed by atoms with Crippen molar-refractivity contribution >= 4 is 5.91 Å². The number of hydrogen-bond acceptors (Lipinski definition) is 5. The van der Waals surface area contributed by atoms with Gasteiger partial charge in [-0.1, -0.05) is 18.9 Å². The molecular formula is C17H17N3O3. The van der Waals surface area contributed by atoms with E-state index in [1.165, 1.54) is 12.4 Å². The van der Waals surface area contributed by atoms with Crippen LogP contribution in [0.1, 0.15) is 41.7 Å². The van der Waals surface area contributed by atoms with Gasteiger partial charge in [0.05, 0.1) is 11.7 Å². The molecule has 1 saturated carbocycles. The number of rotatable bonds is 3. The lowest BCUT2D eigenvalue weighted by Crippen LogP contribution is -2.44. The van der Waals surface area contributed by atoms with Crippen LogP contribution in [0.4, 0.5) is 0 Å². The monoisotopic (exact) mass is 311 g/mol. The Balaban J connectivity index is 1.65. The molecule has 1 aliphatic carbocycles. The van der Waals surface area contributed by atoms with Gasteiger partial charge in [0, 0.05) is 12.4 Å². The molecule has 0 spiro atoms. The Labute approximate surface area is 133 Å². The maximum atomic E-state index is 12.5. The first-order valence-corrected chi connectivity index (χ1v) is 7.76. The van der Waals surface area contributed by atoms with Crippen molar-refractivity contribution in [2.45, 2.75) is 31.2 Å². The normalized spacial score (nSPS) is 17.9. The maximum absolute atomic E-state index is 12.5. The van der Waals surface area contributed by atoms with E-state index in [0.29, 0.717) is 5.69 Å². The van der Waals surface area contributed by atoms with Crippen LogP contribution in [0.5, 0.6) is 11.5 Å². The molecule has 2 heterocycles. The smallest absolute Gasteiger partial charge is 0.272 e. The summed E-state index contributed by atoms with van der Waals surface area (Å²) in [6, 6.07) is 5.90. The summed E-state index contributed by atoms with van der Waals surface area (Å²) in [6.45, 7) is 0.248. The molecule has 1 N–H and O–H groups in total. The number of ether oxygens (including phenoxy) is 2. The van der Waals surface area contributed by atoms with E-state index >= 15 is 0 Å². The summed E-state index contributed by atoms with van der Waals surface area (Å²) in [6.07, 6.45) is 8.52. The Hall–Kier alpha value is -2.63. The van der Waals surface area contributed by atoms with Gasteiger partial charge in [-0.2, -0.15) is 0 Å². The number of nitrogens with one attached hydrogen (secondary N) is 1. The van der Waals surface area contributed by atoms with Crippen LogP contribution in [0.3, 0.4) is 0 Å². The molecule has 1 aromatic heterocycles. The zero-order chi connectivity index (χ0) is 15.7. The molecule has 0 unspecified atom stereocenters. The van der Waals surface area contributed by atoms with E-state index < -0.39 is 0 Å². The van der Waals surface area contributed by atoms with Gasteiger partial charge in [-0.25, -0.2) is 4.98 Å². The summed E-state index contributed by atoms with van der Waals surface area (Å²) in [7, 11) is 0. The van der Waals surface area contributed by atoms with Crippen LogP contribution in [0.15, 0.2) is 36.8 Å². The molecule has 2 aliphatic rings. The third kappa shape index (κ3) is 2.50. The molecule has 0 atom stereocenters. The first-order valence-electron chi connectivity index (χ1n) is 7.76. The highest BCUT2D eigenvalue weighted by atomic mass is 16.7. The lowest BCUT2D eigenvalue weighted by molar-refractivity contribution is 0.0892. The molecule has 2 aromatic rings. The number of hydrogen-bond donors (Lipinski definition) is 1. The topological polar surface area (TPSA) is 73.3 Å². The maximum Gasteiger partial charge on any atom is 0.272 e. The number of nitrogens with zero attached hydrogens (tertiary/aromatic N) is 2. The summed E-state index contributed by atoms with van der Waals surface area (Å²) >= 11 is 0. The van der Waals surface area contributed by atoms with Gasteiger partial charge in [-0.3, -0.25) is 9.78 Å². The van der Waals surface area contributed by atoms with Crippen molar-refractivity contribution in [1.29, 1.82) is 0 Å². The van der Waals surface area contributed by atoms with Crippen LogP contribution >= 0.6 is 0 Å². The summed E-state index contributed by atoms with van der Waals surface area (Å²) in [4.78, 5) is 20.6. The molecule has 6 nitrogen and oxygen atoms in total. The van der Waals surface area contributed by atoms with Gasteiger partial charge in [0.2, 0.25) is 6.79 Å². The van der Waals surface area contributed by atoms with Crippen molar-refractivity contribution in [3.05, 3.63) is 48.0 Å². The predicted molar refractivity (Wildman–Crippen MR) is 82.2 cm³/mol. The Morgan fingerprint density at radius 2 is 1.96 bits per heavy atom. The fourth-order valence-corrected chi connectivity index (χ4v) is 3.36. The van der Waals surface area contributed by atoms with Crippen molar-refractivity contribution in [3.63, 3.8) is 0 Å². The van der Waals surface area contributed by atoms with Crippen LogP contribution in [0.25, 0.3) is 0 Å². The molecule has 4 rings (SSSR count). The van der Waals surface area contributed by atoms with Crippen LogP contribution in [-0.4, -0.2) is 22.7 Å². The Bertz CT molecular complexity index is 727. The van der Waals surface area contributed by atoms with Gasteiger partial charge in [0.15, 0.2) is 11.5 Å². The van der Waals surface area contributed by atoms with Gasteiger partial charge >= 0.3 is 0 Å². The van der Waals surface area contributed by atoms with Gasteiger partial charge in [-0.15, -0.1) is 0 Å². The lowest BCUT2D eigenvalue weighted by Gasteiger charge is -2.31. The summed E-state index contributed by atoms with van der Waals surface area (Å²) in [5, 5.41) is 3.18. The van der Waals surface area contributed by atoms with E-state index in [1.54, 1.807) is 6.20 Å². The predicted octanol–water partition coefficient (Wildman–Crippen LogP) is 2.40. The molecular weight excluding hydrogens is 294 g/mol. The SMILES string of the molecule is O=C(NC1(c2ccc3c(c2)OCO3)CCCC1)c1cnccn1. The first-order chi connectivity index (χ1) is 11.3. The van der Waals surface area contributed by atoms with Gasteiger partial charge in [-0.05, 0) is 30.5 Å². The Morgan fingerprint density at radius 1 is 1.13 bits per heavy atom. The second kappa shape index (κ2) is 5.53. The third-order valence-electron chi connectivity index (χ3n) is 4.53. The van der Waals surface area contributed by atoms with E-state index in [0.717, 1.165) is 42.7 Å². The fraction of sp³-hybridized carbons (Fsp3) is 0.353. The quantitative estimate of drug-likeness (QED) is 0.942. The molecule has 1 aromatic carbocycles. The van der Waals surface area contributed by atoms with Crippen molar-refractivity contribution in [3.8, 4) is 11.5 Å². The van der Waals surface area contributed by atoms with Crippen LogP contribution in [0, 0.1) is 0 Å². The van der Waals surface area contributed by atoms with E-state index in [9.17, 15) is 4.79 Å². The molecule has 0 bridgehead atoms. The average molecular weight is 311 g/mol. The van der Waals surface area contributed by atoms with E-state index in [2.05, 4.69) is 15.3 Å². The number of carbonyl (C=O) groups excluding carboxylic acids is 1. The van der Waals surface area contributed by atoms with Gasteiger partial charge in [0.25, 0.3) is 5.91 Å². The molecule has 6 heteroatoms. The third-order valence-corrected chi connectivity index (χ3v) is 4.53. The molecule has 1 aliphatic heterocycles. The van der Waals surface area contributed by atoms with Crippen LogP contribution < -0.4 is 14.8 Å². The Kier molecular flexibility index (Phi) is 3.37. The van der Waals surface area contributed by atoms with Crippen molar-refractivity contribution in [2.75, 3.05) is 6.79 Å². The molecule has 1 fully saturated rings. The van der Waals surface area contributed by atoms with Gasteiger partial charge in [0.1, 0.15) is 5.69 Å². The van der Waals surface area contributed by atoms with E-state index in [4.69, 9.17) is 9.47 Å².